The number of hydrogen-bond donors (Lipinski definition) is 3. The van der Waals surface area contributed by atoms with E-state index in [-0.39, 0.29) is 18.4 Å². The van der Waals surface area contributed by atoms with Crippen molar-refractivity contribution < 1.29 is 14.3 Å². The van der Waals surface area contributed by atoms with E-state index in [9.17, 15) is 9.59 Å². The van der Waals surface area contributed by atoms with Crippen LogP contribution in [0.15, 0.2) is 42.5 Å². The van der Waals surface area contributed by atoms with E-state index >= 15 is 0 Å². The number of ether oxygens (including phenoxy) is 1. The quantitative estimate of drug-likeness (QED) is 0.748. The lowest BCUT2D eigenvalue weighted by Gasteiger charge is -2.12. The van der Waals surface area contributed by atoms with Gasteiger partial charge in [0, 0.05) is 23.3 Å². The number of carbonyl (C=O) groups excluding carboxylic acids is 2. The van der Waals surface area contributed by atoms with E-state index in [0.717, 1.165) is 5.69 Å². The largest absolute Gasteiger partial charge is 0.495 e. The molecule has 0 aliphatic carbocycles. The van der Waals surface area contributed by atoms with Gasteiger partial charge in [0.25, 0.3) is 0 Å². The van der Waals surface area contributed by atoms with E-state index in [1.807, 2.05) is 0 Å². The summed E-state index contributed by atoms with van der Waals surface area (Å²) in [5.74, 6) is 0.166. The first-order valence-electron chi connectivity index (χ1n) is 7.23. The van der Waals surface area contributed by atoms with Crippen LogP contribution in [-0.4, -0.2) is 25.5 Å². The summed E-state index contributed by atoms with van der Waals surface area (Å²) in [6.45, 7) is 1.52. The third-order valence-electron chi connectivity index (χ3n) is 3.09. The predicted octanol–water partition coefficient (Wildman–Crippen LogP) is 3.36. The summed E-state index contributed by atoms with van der Waals surface area (Å²) in [6.07, 6.45) is 0. The molecular weight excluding hydrogens is 330 g/mol. The average Bonchev–Trinajstić information content (AvgIpc) is 2.54. The molecule has 6 nitrogen and oxygen atoms in total. The van der Waals surface area contributed by atoms with Crippen LogP contribution in [0.1, 0.15) is 6.92 Å². The van der Waals surface area contributed by atoms with E-state index in [1.165, 1.54) is 14.0 Å². The van der Waals surface area contributed by atoms with Crippen LogP contribution in [-0.2, 0) is 9.59 Å². The Hall–Kier alpha value is -2.73. The number of methoxy groups -OCH3 is 1. The van der Waals surface area contributed by atoms with E-state index in [4.69, 9.17) is 16.3 Å². The molecule has 0 saturated carbocycles. The average molecular weight is 348 g/mol. The molecule has 3 N–H and O–H groups in total. The topological polar surface area (TPSA) is 79.5 Å². The molecular formula is C17H18ClN3O3. The van der Waals surface area contributed by atoms with Crippen molar-refractivity contribution in [3.63, 3.8) is 0 Å². The van der Waals surface area contributed by atoms with Crippen LogP contribution in [0.2, 0.25) is 5.02 Å². The predicted molar refractivity (Wildman–Crippen MR) is 95.9 cm³/mol. The highest BCUT2D eigenvalue weighted by molar-refractivity contribution is 6.31. The second kappa shape index (κ2) is 8.21. The maximum atomic E-state index is 12.0. The minimum Gasteiger partial charge on any atom is -0.495 e. The summed E-state index contributed by atoms with van der Waals surface area (Å²) < 4.78 is 5.18. The van der Waals surface area contributed by atoms with Crippen molar-refractivity contribution in [1.82, 2.24) is 0 Å². The molecule has 0 spiro atoms. The number of amides is 2. The maximum absolute atomic E-state index is 12.0. The first-order chi connectivity index (χ1) is 11.5. The number of anilines is 3. The number of rotatable bonds is 6. The van der Waals surface area contributed by atoms with Crippen molar-refractivity contribution in [2.24, 2.45) is 0 Å². The zero-order valence-corrected chi connectivity index (χ0v) is 14.1. The molecule has 0 unspecified atom stereocenters. The van der Waals surface area contributed by atoms with Gasteiger partial charge in [-0.05, 0) is 42.5 Å². The normalized spacial score (nSPS) is 9.96. The van der Waals surface area contributed by atoms with Gasteiger partial charge in [-0.15, -0.1) is 0 Å². The Morgan fingerprint density at radius 1 is 1.04 bits per heavy atom. The Labute approximate surface area is 145 Å². The molecule has 0 heterocycles. The standard InChI is InChI=1S/C17H18ClN3O3/c1-11(22)20-14-6-4-13(5-7-14)19-10-17(23)21-15-9-12(18)3-8-16(15)24-2/h3-9,19H,10H2,1-2H3,(H,20,22)(H,21,23). The molecule has 7 heteroatoms. The van der Waals surface area contributed by atoms with E-state index in [2.05, 4.69) is 16.0 Å². The summed E-state index contributed by atoms with van der Waals surface area (Å²) in [5.41, 5.74) is 1.97. The molecule has 0 saturated heterocycles. The lowest BCUT2D eigenvalue weighted by atomic mass is 10.2. The zero-order chi connectivity index (χ0) is 17.5. The highest BCUT2D eigenvalue weighted by Gasteiger charge is 2.08. The molecule has 2 aromatic carbocycles. The molecule has 2 aromatic rings. The minimum absolute atomic E-state index is 0.0785. The van der Waals surface area contributed by atoms with Crippen LogP contribution < -0.4 is 20.7 Å². The number of hydrogen-bond acceptors (Lipinski definition) is 4. The molecule has 0 bridgehead atoms. The summed E-state index contributed by atoms with van der Waals surface area (Å²) in [7, 11) is 1.52. The van der Waals surface area contributed by atoms with Crippen LogP contribution in [0.5, 0.6) is 5.75 Å². The van der Waals surface area contributed by atoms with Crippen molar-refractivity contribution in [3.8, 4) is 5.75 Å². The summed E-state index contributed by atoms with van der Waals surface area (Å²) >= 11 is 5.93. The minimum atomic E-state index is -0.235. The van der Waals surface area contributed by atoms with Crippen molar-refractivity contribution in [1.29, 1.82) is 0 Å². The summed E-state index contributed by atoms with van der Waals surface area (Å²) in [5, 5.41) is 8.92. The highest BCUT2D eigenvalue weighted by Crippen LogP contribution is 2.27. The second-order valence-corrected chi connectivity index (χ2v) is 5.44. The van der Waals surface area contributed by atoms with Gasteiger partial charge in [-0.1, -0.05) is 11.6 Å². The fourth-order valence-electron chi connectivity index (χ4n) is 2.03. The SMILES string of the molecule is COc1ccc(Cl)cc1NC(=O)CNc1ccc(NC(C)=O)cc1. The Morgan fingerprint density at radius 2 is 1.71 bits per heavy atom. The van der Waals surface area contributed by atoms with Crippen molar-refractivity contribution in [2.75, 3.05) is 29.6 Å². The Morgan fingerprint density at radius 3 is 2.33 bits per heavy atom. The van der Waals surface area contributed by atoms with Gasteiger partial charge in [0.05, 0.1) is 19.3 Å². The highest BCUT2D eigenvalue weighted by atomic mass is 35.5. The van der Waals surface area contributed by atoms with Crippen molar-refractivity contribution in [3.05, 3.63) is 47.5 Å². The Bertz CT molecular complexity index is 732. The molecule has 0 fully saturated rings. The molecule has 2 rings (SSSR count). The van der Waals surface area contributed by atoms with Crippen LogP contribution in [0.25, 0.3) is 0 Å². The Kier molecular flexibility index (Phi) is 6.03. The summed E-state index contributed by atoms with van der Waals surface area (Å²) in [4.78, 5) is 23.0. The smallest absolute Gasteiger partial charge is 0.243 e. The maximum Gasteiger partial charge on any atom is 0.243 e. The zero-order valence-electron chi connectivity index (χ0n) is 13.4. The molecule has 2 amide bonds. The van der Waals surface area contributed by atoms with Crippen molar-refractivity contribution >= 4 is 40.5 Å². The lowest BCUT2D eigenvalue weighted by Crippen LogP contribution is -2.22. The number of benzene rings is 2. The van der Waals surface area contributed by atoms with Crippen LogP contribution in [0, 0.1) is 0 Å². The molecule has 0 aromatic heterocycles. The van der Waals surface area contributed by atoms with Gasteiger partial charge < -0.3 is 20.7 Å². The van der Waals surface area contributed by atoms with Gasteiger partial charge in [0.15, 0.2) is 0 Å². The van der Waals surface area contributed by atoms with Gasteiger partial charge in [-0.2, -0.15) is 0 Å². The van der Waals surface area contributed by atoms with Crippen LogP contribution in [0.3, 0.4) is 0 Å². The fourth-order valence-corrected chi connectivity index (χ4v) is 2.20. The fraction of sp³-hybridized carbons (Fsp3) is 0.176. The molecule has 0 radical (unpaired) electrons. The molecule has 0 atom stereocenters. The van der Waals surface area contributed by atoms with E-state index < -0.39 is 0 Å². The molecule has 0 aliphatic rings. The first-order valence-corrected chi connectivity index (χ1v) is 7.60. The molecule has 24 heavy (non-hydrogen) atoms. The summed E-state index contributed by atoms with van der Waals surface area (Å²) in [6, 6.07) is 12.1. The number of nitrogens with one attached hydrogen (secondary N) is 3. The van der Waals surface area contributed by atoms with Gasteiger partial charge in [-0.25, -0.2) is 0 Å². The van der Waals surface area contributed by atoms with Gasteiger partial charge in [-0.3, -0.25) is 9.59 Å². The molecule has 126 valence electrons. The van der Waals surface area contributed by atoms with Gasteiger partial charge in [0.2, 0.25) is 11.8 Å². The molecule has 0 aliphatic heterocycles. The van der Waals surface area contributed by atoms with Crippen LogP contribution >= 0.6 is 11.6 Å². The van der Waals surface area contributed by atoms with Crippen LogP contribution in [0.4, 0.5) is 17.1 Å². The third-order valence-corrected chi connectivity index (χ3v) is 3.33. The lowest BCUT2D eigenvalue weighted by molar-refractivity contribution is -0.115. The van der Waals surface area contributed by atoms with E-state index in [0.29, 0.717) is 22.1 Å². The Balaban J connectivity index is 1.91. The van der Waals surface area contributed by atoms with Gasteiger partial charge >= 0.3 is 0 Å². The monoisotopic (exact) mass is 347 g/mol. The second-order valence-electron chi connectivity index (χ2n) is 5.00. The number of carbonyl (C=O) groups is 2. The van der Waals surface area contributed by atoms with E-state index in [1.54, 1.807) is 42.5 Å². The first kappa shape index (κ1) is 17.6. The van der Waals surface area contributed by atoms with Crippen molar-refractivity contribution in [2.45, 2.75) is 6.92 Å². The third kappa shape index (κ3) is 5.17. The van der Waals surface area contributed by atoms with Gasteiger partial charge in [0.1, 0.15) is 5.75 Å². The number of halogens is 1.